The molecule has 25 heavy (non-hydrogen) atoms. The summed E-state index contributed by atoms with van der Waals surface area (Å²) in [5.41, 5.74) is 0. The van der Waals surface area contributed by atoms with E-state index < -0.39 is 0 Å². The zero-order valence-corrected chi connectivity index (χ0v) is 13.5. The first-order valence-electron chi connectivity index (χ1n) is 7.37. The van der Waals surface area contributed by atoms with E-state index in [4.69, 9.17) is 0 Å². The molecule has 0 atom stereocenters. The Kier molecular flexibility index (Phi) is 13.2. The van der Waals surface area contributed by atoms with E-state index >= 15 is 0 Å². The van der Waals surface area contributed by atoms with E-state index in [-0.39, 0.29) is 0 Å². The molecule has 1 aliphatic heterocycles. The van der Waals surface area contributed by atoms with Crippen LogP contribution < -0.4 is 5.32 Å². The summed E-state index contributed by atoms with van der Waals surface area (Å²) in [5.74, 6) is 0. The fourth-order valence-corrected chi connectivity index (χ4v) is 1.29. The van der Waals surface area contributed by atoms with Crippen molar-refractivity contribution < 1.29 is 0 Å². The highest BCUT2D eigenvalue weighted by Gasteiger charge is 1.93. The van der Waals surface area contributed by atoms with Crippen LogP contribution in [0.5, 0.6) is 0 Å². The lowest BCUT2D eigenvalue weighted by atomic mass is 10.4. The molecule has 1 saturated heterocycles. The molecule has 0 aromatic carbocycles. The number of nitrogens with one attached hydrogen (secondary N) is 5. The number of hydrogen-bond acceptors (Lipinski definition) is 9. The van der Waals surface area contributed by atoms with Gasteiger partial charge in [-0.15, -0.1) is 0 Å². The van der Waals surface area contributed by atoms with Crippen LogP contribution in [0.15, 0.2) is 50.1 Å². The number of rotatable bonds is 0. The van der Waals surface area contributed by atoms with E-state index in [1.165, 1.54) is 51.2 Å². The zero-order chi connectivity index (χ0) is 17.7. The molecule has 0 aliphatic carbocycles. The number of nitrogens with zero attached hydrogens (tertiary/aromatic N) is 8. The smallest absolute Gasteiger partial charge is 0.137 e. The van der Waals surface area contributed by atoms with Crippen LogP contribution in [-0.4, -0.2) is 74.3 Å². The Morgan fingerprint density at radius 3 is 1.12 bits per heavy atom. The molecule has 134 valence electrons. The molecule has 0 amide bonds. The third-order valence-corrected chi connectivity index (χ3v) is 2.28. The topological polar surface area (TPSA) is 178 Å². The van der Waals surface area contributed by atoms with E-state index in [2.05, 4.69) is 66.5 Å². The van der Waals surface area contributed by atoms with E-state index in [1.807, 2.05) is 0 Å². The van der Waals surface area contributed by atoms with Crippen molar-refractivity contribution >= 4 is 0 Å². The maximum absolute atomic E-state index is 3.56. The van der Waals surface area contributed by atoms with E-state index in [9.17, 15) is 0 Å². The lowest BCUT2D eigenvalue weighted by molar-refractivity contribution is 0.857. The van der Waals surface area contributed by atoms with Crippen LogP contribution >= 0.6 is 0 Å². The van der Waals surface area contributed by atoms with Gasteiger partial charge in [0.15, 0.2) is 0 Å². The van der Waals surface area contributed by atoms with Crippen molar-refractivity contribution in [2.45, 2.75) is 12.8 Å². The van der Waals surface area contributed by atoms with Gasteiger partial charge in [0.2, 0.25) is 0 Å². The summed E-state index contributed by atoms with van der Waals surface area (Å²) >= 11 is 0. The Bertz CT molecular complexity index is 417. The molecule has 13 heteroatoms. The molecule has 4 aromatic rings. The summed E-state index contributed by atoms with van der Waals surface area (Å²) < 4.78 is 0. The highest BCUT2D eigenvalue weighted by atomic mass is 15.3. The van der Waals surface area contributed by atoms with Crippen molar-refractivity contribution in [3.63, 3.8) is 0 Å². The number of hydrogen-bond donors (Lipinski definition) is 5. The van der Waals surface area contributed by atoms with Crippen molar-refractivity contribution in [3.8, 4) is 0 Å². The molecule has 5 N–H and O–H groups in total. The van der Waals surface area contributed by atoms with Crippen molar-refractivity contribution in [1.82, 2.24) is 66.5 Å². The van der Waals surface area contributed by atoms with Gasteiger partial charge in [-0.1, -0.05) is 0 Å². The van der Waals surface area contributed by atoms with Crippen molar-refractivity contribution in [1.29, 1.82) is 0 Å². The molecule has 1 fully saturated rings. The molecule has 5 heterocycles. The van der Waals surface area contributed by atoms with E-state index in [1.54, 1.807) is 24.8 Å². The minimum absolute atomic E-state index is 1.25. The maximum Gasteiger partial charge on any atom is 0.137 e. The highest BCUT2D eigenvalue weighted by Crippen LogP contribution is 1.90. The lowest BCUT2D eigenvalue weighted by Crippen LogP contribution is -2.03. The predicted molar refractivity (Wildman–Crippen MR) is 87.6 cm³/mol. The molecule has 13 nitrogen and oxygen atoms in total. The largest absolute Gasteiger partial charge is 0.317 e. The van der Waals surface area contributed by atoms with Crippen LogP contribution in [0.25, 0.3) is 0 Å². The monoisotopic (exact) mass is 347 g/mol. The van der Waals surface area contributed by atoms with Crippen LogP contribution in [0.2, 0.25) is 0 Å². The van der Waals surface area contributed by atoms with Gasteiger partial charge in [-0.25, -0.2) is 9.97 Å². The standard InChI is InChI=1S/C4H9N.4C2H3N3/c1-2-4-5-3-1;2*1-3-2-5-4-1;2*1-2-4-5-3-1/h5H,1-4H2;4*1-2H,(H,3,4,5). The van der Waals surface area contributed by atoms with Gasteiger partial charge in [0.1, 0.15) is 25.3 Å². The molecule has 0 radical (unpaired) electrons. The van der Waals surface area contributed by atoms with Gasteiger partial charge < -0.3 is 5.32 Å². The molecule has 0 bridgehead atoms. The molecule has 1 aliphatic rings. The van der Waals surface area contributed by atoms with Gasteiger partial charge in [0, 0.05) is 0 Å². The van der Waals surface area contributed by atoms with Gasteiger partial charge >= 0.3 is 0 Å². The molecular weight excluding hydrogens is 326 g/mol. The molecule has 0 spiro atoms. The van der Waals surface area contributed by atoms with Crippen LogP contribution in [0.3, 0.4) is 0 Å². The minimum atomic E-state index is 1.25. The summed E-state index contributed by atoms with van der Waals surface area (Å²) in [5, 5.41) is 33.9. The van der Waals surface area contributed by atoms with Crippen molar-refractivity contribution in [3.05, 3.63) is 50.1 Å². The fourth-order valence-electron chi connectivity index (χ4n) is 1.29. The summed E-state index contributed by atoms with van der Waals surface area (Å²) in [7, 11) is 0. The normalized spacial score (nSPS) is 11.2. The summed E-state index contributed by atoms with van der Waals surface area (Å²) in [6.07, 6.45) is 15.0. The number of H-pyrrole nitrogens is 4. The third kappa shape index (κ3) is 15.2. The van der Waals surface area contributed by atoms with Crippen LogP contribution in [-0.2, 0) is 0 Å². The van der Waals surface area contributed by atoms with Crippen molar-refractivity contribution in [2.75, 3.05) is 13.1 Å². The quantitative estimate of drug-likeness (QED) is 0.282. The lowest BCUT2D eigenvalue weighted by Gasteiger charge is -1.76. The summed E-state index contributed by atoms with van der Waals surface area (Å²) in [4.78, 5) is 7.11. The molecule has 0 unspecified atom stereocenters. The second kappa shape index (κ2) is 16.9. The first-order chi connectivity index (χ1) is 12.5. The number of aromatic amines is 4. The first kappa shape index (κ1) is 19.6. The summed E-state index contributed by atoms with van der Waals surface area (Å²) in [6.45, 7) is 2.50. The molecular formula is C12H21N13. The second-order valence-electron chi connectivity index (χ2n) is 4.07. The molecule has 4 aromatic heterocycles. The predicted octanol–water partition coefficient (Wildman–Crippen LogP) is -0.411. The summed E-state index contributed by atoms with van der Waals surface area (Å²) in [6, 6.07) is 0. The average Bonchev–Trinajstić information content (AvgIpc) is 3.55. The zero-order valence-electron chi connectivity index (χ0n) is 13.5. The Balaban J connectivity index is 0.000000156. The van der Waals surface area contributed by atoms with Crippen LogP contribution in [0.4, 0.5) is 0 Å². The Morgan fingerprint density at radius 1 is 0.560 bits per heavy atom. The van der Waals surface area contributed by atoms with Crippen LogP contribution in [0.1, 0.15) is 12.8 Å². The van der Waals surface area contributed by atoms with Gasteiger partial charge in [-0.3, -0.25) is 10.2 Å². The average molecular weight is 347 g/mol. The first-order valence-corrected chi connectivity index (χ1v) is 7.37. The Hall–Kier alpha value is -3.48. The van der Waals surface area contributed by atoms with Gasteiger partial charge in [-0.2, -0.15) is 41.0 Å². The third-order valence-electron chi connectivity index (χ3n) is 2.28. The highest BCUT2D eigenvalue weighted by molar-refractivity contribution is 4.56. The Morgan fingerprint density at radius 2 is 1.00 bits per heavy atom. The second-order valence-corrected chi connectivity index (χ2v) is 4.07. The SMILES string of the molecule is C1CCNC1.c1cn[nH]n1.c1cn[nH]n1.c1nc[nH]n1.c1nc[nH]n1. The van der Waals surface area contributed by atoms with E-state index in [0.717, 1.165) is 0 Å². The van der Waals surface area contributed by atoms with Gasteiger partial charge in [0.25, 0.3) is 0 Å². The van der Waals surface area contributed by atoms with Crippen molar-refractivity contribution in [2.24, 2.45) is 0 Å². The van der Waals surface area contributed by atoms with Crippen LogP contribution in [0, 0.1) is 0 Å². The minimum Gasteiger partial charge on any atom is -0.317 e. The van der Waals surface area contributed by atoms with Gasteiger partial charge in [-0.05, 0) is 25.9 Å². The van der Waals surface area contributed by atoms with Gasteiger partial charge in [0.05, 0.1) is 24.8 Å². The maximum atomic E-state index is 3.56. The Labute approximate surface area is 143 Å². The van der Waals surface area contributed by atoms with E-state index in [0.29, 0.717) is 0 Å². The molecule has 5 rings (SSSR count). The fraction of sp³-hybridized carbons (Fsp3) is 0.333. The molecule has 0 saturated carbocycles. The number of aromatic nitrogens is 12.